The van der Waals surface area contributed by atoms with Crippen LogP contribution in [0.1, 0.15) is 31.9 Å². The van der Waals surface area contributed by atoms with Gasteiger partial charge in [-0.2, -0.15) is 8.42 Å². The first kappa shape index (κ1) is 19.9. The van der Waals surface area contributed by atoms with E-state index in [1.807, 2.05) is 0 Å². The van der Waals surface area contributed by atoms with E-state index in [0.29, 0.717) is 6.04 Å². The zero-order chi connectivity index (χ0) is 16.5. The third-order valence-corrected chi connectivity index (χ3v) is 3.53. The highest BCUT2D eigenvalue weighted by molar-refractivity contribution is 7.85. The van der Waals surface area contributed by atoms with Crippen molar-refractivity contribution in [2.45, 2.75) is 40.7 Å². The van der Waals surface area contributed by atoms with E-state index in [1.54, 1.807) is 0 Å². The topological polar surface area (TPSA) is 75.6 Å². The number of para-hydroxylation sites is 1. The molecule has 0 heterocycles. The van der Waals surface area contributed by atoms with E-state index in [-0.39, 0.29) is 5.75 Å². The van der Waals surface area contributed by atoms with Crippen molar-refractivity contribution in [3.8, 4) is 5.75 Å². The second kappa shape index (κ2) is 9.76. The van der Waals surface area contributed by atoms with Crippen LogP contribution in [-0.2, 0) is 10.1 Å². The van der Waals surface area contributed by atoms with Gasteiger partial charge in [0.1, 0.15) is 12.4 Å². The third-order valence-electron chi connectivity index (χ3n) is 2.80. The van der Waals surface area contributed by atoms with Crippen LogP contribution in [0.3, 0.4) is 0 Å². The summed E-state index contributed by atoms with van der Waals surface area (Å²) in [7, 11) is -3.66. The summed E-state index contributed by atoms with van der Waals surface area (Å²) in [6.45, 7) is 11.5. The van der Waals surface area contributed by atoms with Crippen LogP contribution in [0.5, 0.6) is 5.75 Å². The number of hydrogen-bond acceptors (Lipinski definition) is 4. The molecule has 0 bridgehead atoms. The van der Waals surface area contributed by atoms with Crippen molar-refractivity contribution in [2.75, 3.05) is 18.9 Å². The summed E-state index contributed by atoms with van der Waals surface area (Å²) in [6.07, 6.45) is 0. The smallest absolute Gasteiger partial charge is 0.264 e. The maximum Gasteiger partial charge on any atom is 0.264 e. The lowest BCUT2D eigenvalue weighted by Gasteiger charge is -2.16. The van der Waals surface area contributed by atoms with Crippen LogP contribution >= 0.6 is 0 Å². The van der Waals surface area contributed by atoms with Crippen LogP contribution in [-0.4, -0.2) is 37.9 Å². The Morgan fingerprint density at radius 3 is 2.10 bits per heavy atom. The number of nitrogens with one attached hydrogen (secondary N) is 1. The molecule has 0 aromatic heterocycles. The lowest BCUT2D eigenvalue weighted by Crippen LogP contribution is -2.31. The number of benzene rings is 1. The van der Waals surface area contributed by atoms with E-state index in [4.69, 9.17) is 9.29 Å². The van der Waals surface area contributed by atoms with E-state index < -0.39 is 10.1 Å². The monoisotopic (exact) mass is 317 g/mol. The first-order valence-corrected chi connectivity index (χ1v) is 8.69. The van der Waals surface area contributed by atoms with Gasteiger partial charge >= 0.3 is 0 Å². The van der Waals surface area contributed by atoms with Crippen molar-refractivity contribution in [1.82, 2.24) is 5.32 Å². The second-order valence-corrected chi connectivity index (χ2v) is 6.60. The summed E-state index contributed by atoms with van der Waals surface area (Å²) in [5.41, 5.74) is 2.41. The molecular formula is C15H27NO4S. The summed E-state index contributed by atoms with van der Waals surface area (Å²) in [6, 6.07) is 6.63. The molecule has 2 N–H and O–H groups in total. The highest BCUT2D eigenvalue weighted by atomic mass is 32.2. The molecule has 0 aliphatic carbocycles. The van der Waals surface area contributed by atoms with Gasteiger partial charge in [0.05, 0.1) is 5.75 Å². The van der Waals surface area contributed by atoms with Crippen molar-refractivity contribution in [1.29, 1.82) is 0 Å². The van der Waals surface area contributed by atoms with Gasteiger partial charge in [-0.1, -0.05) is 25.1 Å². The Labute approximate surface area is 128 Å². The molecule has 6 heteroatoms. The fourth-order valence-electron chi connectivity index (χ4n) is 1.64. The molecule has 1 rings (SSSR count). The first-order chi connectivity index (χ1) is 9.71. The fraction of sp³-hybridized carbons (Fsp3) is 0.600. The Morgan fingerprint density at radius 2 is 1.71 bits per heavy atom. The largest absolute Gasteiger partial charge is 0.491 e. The van der Waals surface area contributed by atoms with E-state index in [0.717, 1.165) is 18.9 Å². The van der Waals surface area contributed by atoms with Crippen molar-refractivity contribution >= 4 is 10.1 Å². The molecule has 1 aromatic rings. The average Bonchev–Trinajstić information content (AvgIpc) is 2.38. The quantitative estimate of drug-likeness (QED) is 0.789. The van der Waals surface area contributed by atoms with Gasteiger partial charge in [0.2, 0.25) is 0 Å². The second-order valence-electron chi connectivity index (χ2n) is 4.86. The molecule has 5 nitrogen and oxygen atoms in total. The number of ether oxygens (including phenoxy) is 1. The van der Waals surface area contributed by atoms with Crippen molar-refractivity contribution in [3.05, 3.63) is 29.3 Å². The van der Waals surface area contributed by atoms with E-state index in [1.165, 1.54) is 18.1 Å². The molecule has 0 fully saturated rings. The molecule has 0 radical (unpaired) electrons. The SMILES string of the molecule is CCNC(C)COc1c(C)cccc1C.CCS(=O)(=O)O. The summed E-state index contributed by atoms with van der Waals surface area (Å²) in [5, 5.41) is 3.33. The molecular weight excluding hydrogens is 290 g/mol. The lowest BCUT2D eigenvalue weighted by atomic mass is 10.1. The Hall–Kier alpha value is -1.11. The van der Waals surface area contributed by atoms with E-state index >= 15 is 0 Å². The van der Waals surface area contributed by atoms with Gasteiger partial charge in [-0.05, 0) is 45.4 Å². The number of rotatable bonds is 6. The molecule has 0 aliphatic heterocycles. The molecule has 0 amide bonds. The Bertz CT molecular complexity index is 494. The molecule has 1 unspecified atom stereocenters. The molecule has 21 heavy (non-hydrogen) atoms. The highest BCUT2D eigenvalue weighted by Gasteiger charge is 2.05. The van der Waals surface area contributed by atoms with E-state index in [2.05, 4.69) is 51.2 Å². The minimum Gasteiger partial charge on any atom is -0.491 e. The maximum atomic E-state index is 9.56. The predicted molar refractivity (Wildman–Crippen MR) is 86.6 cm³/mol. The standard InChI is InChI=1S/C13H21NO.C2H6O3S/c1-5-14-12(4)9-15-13-10(2)7-6-8-11(13)3;1-2-6(3,4)5/h6-8,12,14H,5,9H2,1-4H3;2H2,1H3,(H,3,4,5). The Kier molecular flexibility index (Phi) is 9.24. The van der Waals surface area contributed by atoms with E-state index in [9.17, 15) is 8.42 Å². The summed E-state index contributed by atoms with van der Waals surface area (Å²) in [5.74, 6) is 0.828. The summed E-state index contributed by atoms with van der Waals surface area (Å²) >= 11 is 0. The van der Waals surface area contributed by atoms with Gasteiger partial charge in [-0.25, -0.2) is 0 Å². The summed E-state index contributed by atoms with van der Waals surface area (Å²) < 4.78 is 32.7. The number of aryl methyl sites for hydroxylation is 2. The molecule has 0 saturated carbocycles. The van der Waals surface area contributed by atoms with Gasteiger partial charge in [-0.3, -0.25) is 4.55 Å². The predicted octanol–water partition coefficient (Wildman–Crippen LogP) is 2.57. The van der Waals surface area contributed by atoms with Gasteiger partial charge in [0, 0.05) is 6.04 Å². The minimum absolute atomic E-state index is 0.201. The Balaban J connectivity index is 0.000000567. The third kappa shape index (κ3) is 9.44. The van der Waals surface area contributed by atoms with Crippen LogP contribution in [0.4, 0.5) is 0 Å². The minimum atomic E-state index is -3.66. The van der Waals surface area contributed by atoms with Crippen LogP contribution in [0, 0.1) is 13.8 Å². The van der Waals surface area contributed by atoms with Gasteiger partial charge in [-0.15, -0.1) is 0 Å². The zero-order valence-corrected chi connectivity index (χ0v) is 14.3. The normalized spacial score (nSPS) is 12.3. The van der Waals surface area contributed by atoms with Crippen LogP contribution in [0.15, 0.2) is 18.2 Å². The molecule has 0 saturated heterocycles. The number of likely N-dealkylation sites (N-methyl/N-ethyl adjacent to an activating group) is 1. The maximum absolute atomic E-state index is 9.56. The molecule has 0 spiro atoms. The Morgan fingerprint density at radius 1 is 1.24 bits per heavy atom. The molecule has 0 aliphatic rings. The molecule has 122 valence electrons. The van der Waals surface area contributed by atoms with Crippen LogP contribution < -0.4 is 10.1 Å². The van der Waals surface area contributed by atoms with Crippen LogP contribution in [0.25, 0.3) is 0 Å². The number of hydrogen-bond donors (Lipinski definition) is 2. The lowest BCUT2D eigenvalue weighted by molar-refractivity contribution is 0.272. The van der Waals surface area contributed by atoms with Gasteiger partial charge < -0.3 is 10.1 Å². The van der Waals surface area contributed by atoms with Gasteiger partial charge in [0.25, 0.3) is 10.1 Å². The highest BCUT2D eigenvalue weighted by Crippen LogP contribution is 2.22. The summed E-state index contributed by atoms with van der Waals surface area (Å²) in [4.78, 5) is 0. The van der Waals surface area contributed by atoms with Crippen molar-refractivity contribution < 1.29 is 17.7 Å². The molecule has 1 aromatic carbocycles. The molecule has 1 atom stereocenters. The van der Waals surface area contributed by atoms with Crippen LogP contribution in [0.2, 0.25) is 0 Å². The van der Waals surface area contributed by atoms with Gasteiger partial charge in [0.15, 0.2) is 0 Å². The fourth-order valence-corrected chi connectivity index (χ4v) is 1.64. The van der Waals surface area contributed by atoms with Crippen molar-refractivity contribution in [2.24, 2.45) is 0 Å². The van der Waals surface area contributed by atoms with Crippen molar-refractivity contribution in [3.63, 3.8) is 0 Å². The average molecular weight is 317 g/mol. The zero-order valence-electron chi connectivity index (χ0n) is 13.5. The first-order valence-electron chi connectivity index (χ1n) is 7.08.